The summed E-state index contributed by atoms with van der Waals surface area (Å²) in [6.45, 7) is 4.88. The van der Waals surface area contributed by atoms with Crippen LogP contribution >= 0.6 is 0 Å². The number of piperidine rings is 1. The summed E-state index contributed by atoms with van der Waals surface area (Å²) in [5.74, 6) is 0.0182. The number of carbonyl (C=O) groups excluding carboxylic acids is 1. The molecule has 2 heterocycles. The lowest BCUT2D eigenvalue weighted by atomic mass is 9.94. The molecule has 0 saturated carbocycles. The zero-order valence-electron chi connectivity index (χ0n) is 11.7. The van der Waals surface area contributed by atoms with E-state index in [0.29, 0.717) is 12.0 Å². The third kappa shape index (κ3) is 2.77. The van der Waals surface area contributed by atoms with Gasteiger partial charge in [0.15, 0.2) is 0 Å². The minimum absolute atomic E-state index is 0.242. The maximum atomic E-state index is 13.6. The van der Waals surface area contributed by atoms with Gasteiger partial charge in [0.25, 0.3) is 0 Å². The Balaban J connectivity index is 1.72. The van der Waals surface area contributed by atoms with Crippen LogP contribution in [0, 0.1) is 11.7 Å². The normalized spacial score (nSPS) is 28.2. The summed E-state index contributed by atoms with van der Waals surface area (Å²) >= 11 is 0. The van der Waals surface area contributed by atoms with Crippen molar-refractivity contribution >= 4 is 17.3 Å². The third-order valence-electron chi connectivity index (χ3n) is 4.26. The molecule has 4 nitrogen and oxygen atoms in total. The van der Waals surface area contributed by atoms with Crippen LogP contribution < -0.4 is 10.6 Å². The molecule has 2 aliphatic heterocycles. The second-order valence-electron chi connectivity index (χ2n) is 5.76. The van der Waals surface area contributed by atoms with Crippen molar-refractivity contribution in [2.75, 3.05) is 30.3 Å². The standard InChI is InChI=1S/C15H20FN3O/c1-10(20)17-15-8-12(2-3-13(15)16)18-14-5-7-19-6-4-11(14)9-19/h2-3,8,11,14,18H,4-7,9H2,1H3,(H,17,20). The number of carbonyl (C=O) groups is 1. The second kappa shape index (κ2) is 5.40. The van der Waals surface area contributed by atoms with Crippen LogP contribution in [0.2, 0.25) is 0 Å². The number of benzene rings is 1. The van der Waals surface area contributed by atoms with Gasteiger partial charge in [0.1, 0.15) is 5.82 Å². The van der Waals surface area contributed by atoms with Crippen LogP contribution in [0.5, 0.6) is 0 Å². The summed E-state index contributed by atoms with van der Waals surface area (Å²) in [5, 5.41) is 6.03. The molecule has 3 rings (SSSR count). The van der Waals surface area contributed by atoms with Gasteiger partial charge in [-0.05, 0) is 43.5 Å². The molecule has 5 heteroatoms. The minimum Gasteiger partial charge on any atom is -0.382 e. The first-order chi connectivity index (χ1) is 9.61. The molecule has 0 aromatic heterocycles. The quantitative estimate of drug-likeness (QED) is 0.891. The van der Waals surface area contributed by atoms with Gasteiger partial charge >= 0.3 is 0 Å². The number of fused-ring (bicyclic) bond motifs is 2. The van der Waals surface area contributed by atoms with E-state index in [2.05, 4.69) is 15.5 Å². The van der Waals surface area contributed by atoms with Crippen molar-refractivity contribution < 1.29 is 9.18 Å². The molecular weight excluding hydrogens is 257 g/mol. The molecule has 1 aromatic rings. The highest BCUT2D eigenvalue weighted by Crippen LogP contribution is 2.30. The summed E-state index contributed by atoms with van der Waals surface area (Å²) in [6.07, 6.45) is 2.36. The maximum Gasteiger partial charge on any atom is 0.221 e. The Labute approximate surface area is 118 Å². The summed E-state index contributed by atoms with van der Waals surface area (Å²) in [7, 11) is 0. The molecule has 3 unspecified atom stereocenters. The van der Waals surface area contributed by atoms with Crippen LogP contribution in [0.3, 0.4) is 0 Å². The highest BCUT2D eigenvalue weighted by molar-refractivity contribution is 5.89. The predicted molar refractivity (Wildman–Crippen MR) is 77.3 cm³/mol. The number of anilines is 2. The highest BCUT2D eigenvalue weighted by Gasteiger charge is 2.34. The Morgan fingerprint density at radius 1 is 1.35 bits per heavy atom. The smallest absolute Gasteiger partial charge is 0.221 e. The van der Waals surface area contributed by atoms with Crippen LogP contribution in [0.4, 0.5) is 15.8 Å². The van der Waals surface area contributed by atoms with E-state index in [1.54, 1.807) is 12.1 Å². The maximum absolute atomic E-state index is 13.6. The number of nitrogens with zero attached hydrogens (tertiary/aromatic N) is 1. The van der Waals surface area contributed by atoms with Crippen molar-refractivity contribution in [2.45, 2.75) is 25.8 Å². The molecule has 1 aromatic carbocycles. The van der Waals surface area contributed by atoms with E-state index in [9.17, 15) is 9.18 Å². The molecule has 2 fully saturated rings. The fourth-order valence-corrected chi connectivity index (χ4v) is 3.26. The topological polar surface area (TPSA) is 44.4 Å². The molecule has 2 aliphatic rings. The summed E-state index contributed by atoms with van der Waals surface area (Å²) in [4.78, 5) is 13.6. The van der Waals surface area contributed by atoms with Gasteiger partial charge < -0.3 is 15.5 Å². The van der Waals surface area contributed by atoms with Gasteiger partial charge in [0, 0.05) is 31.7 Å². The molecular formula is C15H20FN3O. The number of halogens is 1. The number of hydrogen-bond acceptors (Lipinski definition) is 3. The minimum atomic E-state index is -0.401. The SMILES string of the molecule is CC(=O)Nc1cc(NC2CCN3CCC2C3)ccc1F. The van der Waals surface area contributed by atoms with Crippen molar-refractivity contribution in [3.63, 3.8) is 0 Å². The lowest BCUT2D eigenvalue weighted by Gasteiger charge is -2.31. The largest absolute Gasteiger partial charge is 0.382 e. The zero-order chi connectivity index (χ0) is 14.1. The van der Waals surface area contributed by atoms with E-state index in [1.807, 2.05) is 0 Å². The van der Waals surface area contributed by atoms with Crippen molar-refractivity contribution in [3.05, 3.63) is 24.0 Å². The van der Waals surface area contributed by atoms with Crippen LogP contribution in [-0.2, 0) is 4.79 Å². The average molecular weight is 277 g/mol. The molecule has 1 amide bonds. The average Bonchev–Trinajstić information content (AvgIpc) is 2.79. The monoisotopic (exact) mass is 277 g/mol. The Kier molecular flexibility index (Phi) is 3.61. The fraction of sp³-hybridized carbons (Fsp3) is 0.533. The van der Waals surface area contributed by atoms with E-state index in [4.69, 9.17) is 0 Å². The van der Waals surface area contributed by atoms with Crippen LogP contribution in [0.25, 0.3) is 0 Å². The lowest BCUT2D eigenvalue weighted by molar-refractivity contribution is -0.114. The Hall–Kier alpha value is -1.62. The lowest BCUT2D eigenvalue weighted by Crippen LogP contribution is -2.39. The first-order valence-corrected chi connectivity index (χ1v) is 7.18. The predicted octanol–water partition coefficient (Wildman–Crippen LogP) is 2.29. The van der Waals surface area contributed by atoms with Crippen molar-refractivity contribution in [2.24, 2.45) is 5.92 Å². The van der Waals surface area contributed by atoms with E-state index < -0.39 is 5.82 Å². The van der Waals surface area contributed by atoms with E-state index in [-0.39, 0.29) is 11.6 Å². The fourth-order valence-electron chi connectivity index (χ4n) is 3.26. The van der Waals surface area contributed by atoms with Crippen molar-refractivity contribution in [1.29, 1.82) is 0 Å². The summed E-state index contributed by atoms with van der Waals surface area (Å²) in [6, 6.07) is 5.27. The molecule has 108 valence electrons. The van der Waals surface area contributed by atoms with Crippen LogP contribution in [0.1, 0.15) is 19.8 Å². The van der Waals surface area contributed by atoms with Gasteiger partial charge in [-0.2, -0.15) is 0 Å². The molecule has 3 atom stereocenters. The van der Waals surface area contributed by atoms with Gasteiger partial charge in [-0.1, -0.05) is 0 Å². The van der Waals surface area contributed by atoms with Gasteiger partial charge in [-0.25, -0.2) is 4.39 Å². The van der Waals surface area contributed by atoms with Gasteiger partial charge in [0.05, 0.1) is 5.69 Å². The van der Waals surface area contributed by atoms with Gasteiger partial charge in [-0.3, -0.25) is 4.79 Å². The van der Waals surface area contributed by atoms with Crippen molar-refractivity contribution in [1.82, 2.24) is 4.90 Å². The number of nitrogens with one attached hydrogen (secondary N) is 2. The van der Waals surface area contributed by atoms with Gasteiger partial charge in [0.2, 0.25) is 5.91 Å². The molecule has 2 saturated heterocycles. The summed E-state index contributed by atoms with van der Waals surface area (Å²) in [5.41, 5.74) is 1.12. The Morgan fingerprint density at radius 3 is 2.95 bits per heavy atom. The first kappa shape index (κ1) is 13.4. The number of hydrogen-bond donors (Lipinski definition) is 2. The van der Waals surface area contributed by atoms with Gasteiger partial charge in [-0.15, -0.1) is 0 Å². The van der Waals surface area contributed by atoms with Crippen molar-refractivity contribution in [3.8, 4) is 0 Å². The van der Waals surface area contributed by atoms with Crippen LogP contribution in [-0.4, -0.2) is 36.5 Å². The highest BCUT2D eigenvalue weighted by atomic mass is 19.1. The molecule has 0 spiro atoms. The first-order valence-electron chi connectivity index (χ1n) is 7.18. The molecule has 2 N–H and O–H groups in total. The molecule has 2 bridgehead atoms. The number of amides is 1. The Morgan fingerprint density at radius 2 is 2.15 bits per heavy atom. The molecule has 0 aliphatic carbocycles. The second-order valence-corrected chi connectivity index (χ2v) is 5.76. The van der Waals surface area contributed by atoms with E-state index in [1.165, 1.54) is 26.0 Å². The Bertz CT molecular complexity index is 520. The van der Waals surface area contributed by atoms with E-state index >= 15 is 0 Å². The zero-order valence-corrected chi connectivity index (χ0v) is 11.7. The van der Waals surface area contributed by atoms with Crippen LogP contribution in [0.15, 0.2) is 18.2 Å². The molecule has 20 heavy (non-hydrogen) atoms. The van der Waals surface area contributed by atoms with E-state index in [0.717, 1.165) is 25.2 Å². The molecule has 0 radical (unpaired) electrons. The number of rotatable bonds is 3. The summed E-state index contributed by atoms with van der Waals surface area (Å²) < 4.78 is 13.6. The third-order valence-corrected chi connectivity index (χ3v) is 4.26.